The molecule has 2 heterocycles. The fourth-order valence-corrected chi connectivity index (χ4v) is 4.40. The topological polar surface area (TPSA) is 64.7 Å². The number of aryl methyl sites for hydroxylation is 1. The molecule has 30 heavy (non-hydrogen) atoms. The van der Waals surface area contributed by atoms with Gasteiger partial charge in [0.15, 0.2) is 0 Å². The van der Waals surface area contributed by atoms with Gasteiger partial charge < -0.3 is 20.4 Å². The van der Waals surface area contributed by atoms with Gasteiger partial charge in [0.05, 0.1) is 5.92 Å². The summed E-state index contributed by atoms with van der Waals surface area (Å²) >= 11 is 0. The van der Waals surface area contributed by atoms with Crippen molar-refractivity contribution in [3.05, 3.63) is 60.2 Å². The number of nitrogens with zero attached hydrogens (tertiary/aromatic N) is 2. The predicted octanol–water partition coefficient (Wildman–Crippen LogP) is 3.95. The van der Waals surface area contributed by atoms with Crippen molar-refractivity contribution in [3.63, 3.8) is 0 Å². The third-order valence-electron chi connectivity index (χ3n) is 5.97. The molecule has 6 nitrogen and oxygen atoms in total. The van der Waals surface area contributed by atoms with Crippen LogP contribution in [-0.4, -0.2) is 54.0 Å². The Kier molecular flexibility index (Phi) is 6.21. The number of hydrogen-bond donors (Lipinski definition) is 2. The number of anilines is 2. The Morgan fingerprint density at radius 3 is 2.50 bits per heavy atom. The predicted molar refractivity (Wildman–Crippen MR) is 120 cm³/mol. The number of likely N-dealkylation sites (tertiary alicyclic amines) is 2. The first-order chi connectivity index (χ1) is 14.6. The third kappa shape index (κ3) is 4.93. The van der Waals surface area contributed by atoms with E-state index in [2.05, 4.69) is 22.8 Å². The van der Waals surface area contributed by atoms with E-state index in [1.54, 1.807) is 4.90 Å². The van der Waals surface area contributed by atoms with Crippen molar-refractivity contribution in [2.75, 3.05) is 36.8 Å². The van der Waals surface area contributed by atoms with Crippen LogP contribution in [0.2, 0.25) is 0 Å². The van der Waals surface area contributed by atoms with Crippen LogP contribution in [0.15, 0.2) is 54.6 Å². The number of hydrogen-bond acceptors (Lipinski definition) is 3. The number of amides is 3. The summed E-state index contributed by atoms with van der Waals surface area (Å²) in [6.45, 7) is 4.68. The Morgan fingerprint density at radius 1 is 0.900 bits per heavy atom. The van der Waals surface area contributed by atoms with Gasteiger partial charge in [0.1, 0.15) is 0 Å². The second-order valence-corrected chi connectivity index (χ2v) is 8.37. The molecule has 2 N–H and O–H groups in total. The molecule has 2 aliphatic heterocycles. The van der Waals surface area contributed by atoms with Gasteiger partial charge in [-0.1, -0.05) is 30.3 Å². The minimum absolute atomic E-state index is 0.113. The van der Waals surface area contributed by atoms with E-state index < -0.39 is 0 Å². The molecule has 4 rings (SSSR count). The maximum atomic E-state index is 13.1. The first-order valence-corrected chi connectivity index (χ1v) is 10.8. The lowest BCUT2D eigenvalue weighted by atomic mass is 9.97. The third-order valence-corrected chi connectivity index (χ3v) is 5.97. The fraction of sp³-hybridized carbons (Fsp3) is 0.417. The van der Waals surface area contributed by atoms with E-state index in [1.807, 2.05) is 54.3 Å². The smallest absolute Gasteiger partial charge is 0.321 e. The molecule has 0 saturated carbocycles. The quantitative estimate of drug-likeness (QED) is 0.808. The van der Waals surface area contributed by atoms with Gasteiger partial charge in [-0.15, -0.1) is 0 Å². The van der Waals surface area contributed by atoms with Crippen LogP contribution in [0, 0.1) is 12.8 Å². The maximum absolute atomic E-state index is 13.1. The highest BCUT2D eigenvalue weighted by Crippen LogP contribution is 2.23. The lowest BCUT2D eigenvalue weighted by molar-refractivity contribution is -0.135. The zero-order valence-electron chi connectivity index (χ0n) is 17.5. The average molecular weight is 407 g/mol. The Labute approximate surface area is 178 Å². The van der Waals surface area contributed by atoms with E-state index in [0.29, 0.717) is 13.1 Å². The lowest BCUT2D eigenvalue weighted by Crippen LogP contribution is -2.47. The largest absolute Gasteiger partial charge is 0.380 e. The molecule has 0 aliphatic carbocycles. The van der Waals surface area contributed by atoms with E-state index in [-0.39, 0.29) is 23.9 Å². The number of piperidine rings is 1. The van der Waals surface area contributed by atoms with Gasteiger partial charge in [-0.2, -0.15) is 0 Å². The molecule has 2 aliphatic rings. The highest BCUT2D eigenvalue weighted by molar-refractivity contribution is 5.90. The molecule has 158 valence electrons. The van der Waals surface area contributed by atoms with E-state index in [1.165, 1.54) is 0 Å². The first-order valence-electron chi connectivity index (χ1n) is 10.8. The maximum Gasteiger partial charge on any atom is 0.321 e. The van der Waals surface area contributed by atoms with Gasteiger partial charge in [-0.05, 0) is 56.0 Å². The van der Waals surface area contributed by atoms with Crippen LogP contribution in [0.5, 0.6) is 0 Å². The fourth-order valence-electron chi connectivity index (χ4n) is 4.40. The molecule has 0 bridgehead atoms. The van der Waals surface area contributed by atoms with Gasteiger partial charge in [0.25, 0.3) is 0 Å². The van der Waals surface area contributed by atoms with Gasteiger partial charge in [-0.25, -0.2) is 4.79 Å². The van der Waals surface area contributed by atoms with Crippen LogP contribution >= 0.6 is 0 Å². The molecule has 2 fully saturated rings. The van der Waals surface area contributed by atoms with Crippen molar-refractivity contribution < 1.29 is 9.59 Å². The number of urea groups is 1. The van der Waals surface area contributed by atoms with E-state index >= 15 is 0 Å². The molecule has 0 aromatic heterocycles. The molecule has 3 amide bonds. The summed E-state index contributed by atoms with van der Waals surface area (Å²) in [7, 11) is 0. The van der Waals surface area contributed by atoms with Gasteiger partial charge in [-0.3, -0.25) is 4.79 Å². The SMILES string of the molecule is Cc1cccc(NC(=O)N2CCCC(C(=O)N3CCC(Nc4ccccc4)C3)C2)c1. The standard InChI is InChI=1S/C24H30N4O2/c1-18-7-5-11-21(15-18)26-24(30)28-13-6-8-19(16-28)23(29)27-14-12-22(17-27)25-20-9-3-2-4-10-20/h2-5,7,9-11,15,19,22,25H,6,8,12-14,16-17H2,1H3,(H,26,30). The first kappa shape index (κ1) is 20.3. The number of rotatable bonds is 4. The van der Waals surface area contributed by atoms with Gasteiger partial charge in [0.2, 0.25) is 5.91 Å². The Hall–Kier alpha value is -3.02. The normalized spacial score (nSPS) is 21.4. The number of carbonyl (C=O) groups is 2. The van der Waals surface area contributed by atoms with Gasteiger partial charge >= 0.3 is 6.03 Å². The molecular weight excluding hydrogens is 376 g/mol. The van der Waals surface area contributed by atoms with Crippen molar-refractivity contribution in [2.24, 2.45) is 5.92 Å². The number of para-hydroxylation sites is 1. The molecule has 2 aromatic rings. The molecule has 2 atom stereocenters. The van der Waals surface area contributed by atoms with Crippen LogP contribution < -0.4 is 10.6 Å². The summed E-state index contributed by atoms with van der Waals surface area (Å²) in [5, 5.41) is 6.49. The van der Waals surface area contributed by atoms with E-state index in [9.17, 15) is 9.59 Å². The highest BCUT2D eigenvalue weighted by atomic mass is 16.2. The van der Waals surface area contributed by atoms with Crippen molar-refractivity contribution in [1.29, 1.82) is 0 Å². The zero-order chi connectivity index (χ0) is 20.9. The number of benzene rings is 2. The monoisotopic (exact) mass is 406 g/mol. The van der Waals surface area contributed by atoms with Gasteiger partial charge in [0, 0.05) is 43.6 Å². The summed E-state index contributed by atoms with van der Waals surface area (Å²) in [4.78, 5) is 29.6. The highest BCUT2D eigenvalue weighted by Gasteiger charge is 2.34. The minimum atomic E-state index is -0.122. The molecule has 0 radical (unpaired) electrons. The summed E-state index contributed by atoms with van der Waals surface area (Å²) < 4.78 is 0. The minimum Gasteiger partial charge on any atom is -0.380 e. The van der Waals surface area contributed by atoms with E-state index in [0.717, 1.165) is 49.3 Å². The molecule has 2 saturated heterocycles. The second kappa shape index (κ2) is 9.20. The average Bonchev–Trinajstić information content (AvgIpc) is 3.22. The van der Waals surface area contributed by atoms with Crippen molar-refractivity contribution >= 4 is 23.3 Å². The van der Waals surface area contributed by atoms with Crippen LogP contribution in [0.4, 0.5) is 16.2 Å². The van der Waals surface area contributed by atoms with Crippen LogP contribution in [0.3, 0.4) is 0 Å². The number of nitrogens with one attached hydrogen (secondary N) is 2. The van der Waals surface area contributed by atoms with Crippen LogP contribution in [0.25, 0.3) is 0 Å². The molecular formula is C24H30N4O2. The Bertz CT molecular complexity index is 886. The van der Waals surface area contributed by atoms with Crippen LogP contribution in [0.1, 0.15) is 24.8 Å². The zero-order valence-corrected chi connectivity index (χ0v) is 17.5. The van der Waals surface area contributed by atoms with Crippen molar-refractivity contribution in [1.82, 2.24) is 9.80 Å². The summed E-state index contributed by atoms with van der Waals surface area (Å²) in [5.41, 5.74) is 2.99. The molecule has 0 spiro atoms. The van der Waals surface area contributed by atoms with Crippen LogP contribution in [-0.2, 0) is 4.79 Å². The lowest BCUT2D eigenvalue weighted by Gasteiger charge is -2.34. The van der Waals surface area contributed by atoms with E-state index in [4.69, 9.17) is 0 Å². The number of carbonyl (C=O) groups excluding carboxylic acids is 2. The van der Waals surface area contributed by atoms with Crippen molar-refractivity contribution in [3.8, 4) is 0 Å². The Balaban J connectivity index is 1.30. The summed E-state index contributed by atoms with van der Waals surface area (Å²) in [6, 6.07) is 18.1. The molecule has 2 aromatic carbocycles. The second-order valence-electron chi connectivity index (χ2n) is 8.37. The summed E-state index contributed by atoms with van der Waals surface area (Å²) in [6.07, 6.45) is 2.66. The molecule has 6 heteroatoms. The van der Waals surface area contributed by atoms with Crippen molar-refractivity contribution in [2.45, 2.75) is 32.2 Å². The summed E-state index contributed by atoms with van der Waals surface area (Å²) in [5.74, 6) is 0.0675. The Morgan fingerprint density at radius 2 is 1.70 bits per heavy atom. The molecule has 2 unspecified atom stereocenters.